The molecule has 0 saturated carbocycles. The van der Waals surface area contributed by atoms with Crippen LogP contribution in [-0.4, -0.2) is 20.3 Å². The smallest absolute Gasteiger partial charge is 0.276 e. The number of anilines is 1. The summed E-state index contributed by atoms with van der Waals surface area (Å²) in [7, 11) is 0. The molecular formula is C23H20F2N4O2. The lowest BCUT2D eigenvalue weighted by atomic mass is 10.2. The summed E-state index contributed by atoms with van der Waals surface area (Å²) in [5, 5.41) is 7.97. The maximum Gasteiger partial charge on any atom is 0.276 e. The normalized spacial score (nSPS) is 11.1. The Bertz CT molecular complexity index is 1320. The molecule has 0 bridgehead atoms. The highest BCUT2D eigenvalue weighted by atomic mass is 19.1. The molecule has 0 aliphatic carbocycles. The monoisotopic (exact) mass is 422 g/mol. The number of rotatable bonds is 5. The van der Waals surface area contributed by atoms with Crippen molar-refractivity contribution in [2.24, 2.45) is 0 Å². The van der Waals surface area contributed by atoms with Crippen LogP contribution in [0.5, 0.6) is 0 Å². The van der Waals surface area contributed by atoms with Crippen molar-refractivity contribution >= 4 is 22.4 Å². The second-order valence-corrected chi connectivity index (χ2v) is 7.33. The van der Waals surface area contributed by atoms with Crippen LogP contribution in [0, 0.1) is 25.5 Å². The summed E-state index contributed by atoms with van der Waals surface area (Å²) in [6, 6.07) is 11.6. The van der Waals surface area contributed by atoms with Crippen LogP contribution in [-0.2, 0) is 17.9 Å². The number of carbonyl (C=O) groups is 1. The van der Waals surface area contributed by atoms with Gasteiger partial charge < -0.3 is 9.88 Å². The molecule has 2 aromatic carbocycles. The molecule has 0 radical (unpaired) electrons. The van der Waals surface area contributed by atoms with Crippen LogP contribution in [0.15, 0.2) is 59.5 Å². The molecule has 2 heterocycles. The van der Waals surface area contributed by atoms with Crippen LogP contribution in [0.3, 0.4) is 0 Å². The zero-order valence-corrected chi connectivity index (χ0v) is 17.0. The molecule has 0 saturated heterocycles. The molecule has 0 aliphatic rings. The molecule has 31 heavy (non-hydrogen) atoms. The van der Waals surface area contributed by atoms with Gasteiger partial charge in [0.2, 0.25) is 5.91 Å². The molecule has 6 nitrogen and oxygen atoms in total. The number of nitrogens with one attached hydrogen (secondary N) is 1. The SMILES string of the molecule is Cc1c2cnn(CC(=O)Nc3ccc(F)cc3)c(=O)c2c(C)n1Cc1ccc(F)cc1. The van der Waals surface area contributed by atoms with Crippen molar-refractivity contribution in [3.63, 3.8) is 0 Å². The minimum atomic E-state index is -0.444. The minimum Gasteiger partial charge on any atom is -0.343 e. The van der Waals surface area contributed by atoms with Gasteiger partial charge >= 0.3 is 0 Å². The highest BCUT2D eigenvalue weighted by Crippen LogP contribution is 2.23. The Morgan fingerprint density at radius 1 is 0.968 bits per heavy atom. The summed E-state index contributed by atoms with van der Waals surface area (Å²) in [5.41, 5.74) is 2.57. The van der Waals surface area contributed by atoms with Crippen LogP contribution < -0.4 is 10.9 Å². The molecule has 0 unspecified atom stereocenters. The van der Waals surface area contributed by atoms with Crippen molar-refractivity contribution < 1.29 is 13.6 Å². The number of hydrogen-bond acceptors (Lipinski definition) is 3. The Hall–Kier alpha value is -3.81. The fraction of sp³-hybridized carbons (Fsp3) is 0.174. The lowest BCUT2D eigenvalue weighted by Crippen LogP contribution is -2.29. The topological polar surface area (TPSA) is 68.9 Å². The molecular weight excluding hydrogens is 402 g/mol. The average Bonchev–Trinajstić information content (AvgIpc) is 2.98. The van der Waals surface area contributed by atoms with E-state index in [0.29, 0.717) is 23.0 Å². The maximum atomic E-state index is 13.2. The number of nitrogens with zero attached hydrogens (tertiary/aromatic N) is 3. The van der Waals surface area contributed by atoms with E-state index in [-0.39, 0.29) is 17.9 Å². The van der Waals surface area contributed by atoms with Gasteiger partial charge in [-0.1, -0.05) is 12.1 Å². The number of aryl methyl sites for hydroxylation is 2. The van der Waals surface area contributed by atoms with Gasteiger partial charge in [0.1, 0.15) is 18.2 Å². The standard InChI is InChI=1S/C23H20F2N4O2/c1-14-20-11-26-29(13-21(30)27-19-9-7-18(25)8-10-19)23(31)22(20)15(2)28(14)12-16-3-5-17(24)6-4-16/h3-11H,12-13H2,1-2H3,(H,27,30). The van der Waals surface area contributed by atoms with E-state index in [2.05, 4.69) is 10.4 Å². The third-order valence-electron chi connectivity index (χ3n) is 5.28. The van der Waals surface area contributed by atoms with Gasteiger partial charge in [0.25, 0.3) is 5.56 Å². The first-order valence-electron chi connectivity index (χ1n) is 9.69. The molecule has 4 rings (SSSR count). The summed E-state index contributed by atoms with van der Waals surface area (Å²) >= 11 is 0. The van der Waals surface area contributed by atoms with E-state index in [1.807, 2.05) is 18.4 Å². The minimum absolute atomic E-state index is 0.270. The average molecular weight is 422 g/mol. The highest BCUT2D eigenvalue weighted by Gasteiger charge is 2.17. The van der Waals surface area contributed by atoms with E-state index in [0.717, 1.165) is 21.6 Å². The van der Waals surface area contributed by atoms with Crippen molar-refractivity contribution in [3.8, 4) is 0 Å². The van der Waals surface area contributed by atoms with Crippen LogP contribution >= 0.6 is 0 Å². The number of aromatic nitrogens is 3. The summed E-state index contributed by atoms with van der Waals surface area (Å²) in [6.45, 7) is 3.94. The quantitative estimate of drug-likeness (QED) is 0.532. The van der Waals surface area contributed by atoms with E-state index >= 15 is 0 Å². The van der Waals surface area contributed by atoms with E-state index in [1.165, 1.54) is 36.4 Å². The van der Waals surface area contributed by atoms with Gasteiger partial charge in [0.15, 0.2) is 0 Å². The zero-order chi connectivity index (χ0) is 22.1. The summed E-state index contributed by atoms with van der Waals surface area (Å²) < 4.78 is 29.3. The lowest BCUT2D eigenvalue weighted by Gasteiger charge is -2.09. The van der Waals surface area contributed by atoms with E-state index in [1.54, 1.807) is 18.3 Å². The first kappa shape index (κ1) is 20.5. The van der Waals surface area contributed by atoms with Crippen molar-refractivity contribution in [3.05, 3.63) is 93.7 Å². The van der Waals surface area contributed by atoms with Crippen LogP contribution in [0.25, 0.3) is 10.8 Å². The number of carbonyl (C=O) groups excluding carboxylic acids is 1. The molecule has 2 aromatic heterocycles. The molecule has 4 aromatic rings. The fourth-order valence-electron chi connectivity index (χ4n) is 3.64. The molecule has 0 aliphatic heterocycles. The van der Waals surface area contributed by atoms with Gasteiger partial charge in [0, 0.05) is 29.0 Å². The number of benzene rings is 2. The van der Waals surface area contributed by atoms with Crippen molar-refractivity contribution in [1.82, 2.24) is 14.3 Å². The molecule has 8 heteroatoms. The van der Waals surface area contributed by atoms with Gasteiger partial charge in [-0.15, -0.1) is 0 Å². The largest absolute Gasteiger partial charge is 0.343 e. The summed E-state index contributed by atoms with van der Waals surface area (Å²) in [5.74, 6) is -1.15. The number of fused-ring (bicyclic) bond motifs is 1. The second-order valence-electron chi connectivity index (χ2n) is 7.33. The first-order chi connectivity index (χ1) is 14.8. The molecule has 1 amide bonds. The van der Waals surface area contributed by atoms with Crippen molar-refractivity contribution in [2.45, 2.75) is 26.9 Å². The Labute approximate surface area is 176 Å². The molecule has 0 fully saturated rings. The first-order valence-corrected chi connectivity index (χ1v) is 9.69. The molecule has 0 spiro atoms. The van der Waals surface area contributed by atoms with Crippen LogP contribution in [0.1, 0.15) is 17.0 Å². The summed E-state index contributed by atoms with van der Waals surface area (Å²) in [6.07, 6.45) is 1.57. The van der Waals surface area contributed by atoms with E-state index in [4.69, 9.17) is 0 Å². The van der Waals surface area contributed by atoms with Gasteiger partial charge in [0.05, 0.1) is 11.6 Å². The third kappa shape index (κ3) is 4.09. The maximum absolute atomic E-state index is 13.2. The van der Waals surface area contributed by atoms with Crippen LogP contribution in [0.2, 0.25) is 0 Å². The Morgan fingerprint density at radius 2 is 1.58 bits per heavy atom. The van der Waals surface area contributed by atoms with Crippen molar-refractivity contribution in [1.29, 1.82) is 0 Å². The van der Waals surface area contributed by atoms with Gasteiger partial charge in [-0.25, -0.2) is 13.5 Å². The van der Waals surface area contributed by atoms with Gasteiger partial charge in [-0.3, -0.25) is 9.59 Å². The number of hydrogen-bond donors (Lipinski definition) is 1. The Kier molecular flexibility index (Phi) is 5.37. The lowest BCUT2D eigenvalue weighted by molar-refractivity contribution is -0.117. The van der Waals surface area contributed by atoms with Gasteiger partial charge in [-0.05, 0) is 55.8 Å². The number of halogens is 2. The van der Waals surface area contributed by atoms with E-state index < -0.39 is 11.7 Å². The Morgan fingerprint density at radius 3 is 2.23 bits per heavy atom. The summed E-state index contributed by atoms with van der Waals surface area (Å²) in [4.78, 5) is 25.4. The number of amides is 1. The predicted octanol–water partition coefficient (Wildman–Crippen LogP) is 3.78. The molecule has 0 atom stereocenters. The molecule has 158 valence electrons. The van der Waals surface area contributed by atoms with Crippen molar-refractivity contribution in [2.75, 3.05) is 5.32 Å². The Balaban J connectivity index is 1.63. The molecule has 1 N–H and O–H groups in total. The third-order valence-corrected chi connectivity index (χ3v) is 5.28. The second kappa shape index (κ2) is 8.14. The highest BCUT2D eigenvalue weighted by molar-refractivity contribution is 5.91. The predicted molar refractivity (Wildman–Crippen MR) is 114 cm³/mol. The zero-order valence-electron chi connectivity index (χ0n) is 17.0. The van der Waals surface area contributed by atoms with E-state index in [9.17, 15) is 18.4 Å². The van der Waals surface area contributed by atoms with Crippen LogP contribution in [0.4, 0.5) is 14.5 Å². The van der Waals surface area contributed by atoms with Gasteiger partial charge in [-0.2, -0.15) is 5.10 Å². The fourth-order valence-corrected chi connectivity index (χ4v) is 3.64.